The zero-order valence-corrected chi connectivity index (χ0v) is 9.26. The molecular weight excluding hydrogens is 208 g/mol. The minimum Gasteiger partial charge on any atom is -0.497 e. The van der Waals surface area contributed by atoms with E-state index in [9.17, 15) is 0 Å². The fourth-order valence-corrected chi connectivity index (χ4v) is 1.66. The molecule has 0 aromatic heterocycles. The van der Waals surface area contributed by atoms with E-state index in [1.807, 2.05) is 24.3 Å². The highest BCUT2D eigenvalue weighted by Gasteiger charge is 2.23. The van der Waals surface area contributed by atoms with Gasteiger partial charge in [-0.25, -0.2) is 0 Å². The van der Waals surface area contributed by atoms with Crippen molar-refractivity contribution in [3.63, 3.8) is 0 Å². The van der Waals surface area contributed by atoms with E-state index in [1.54, 1.807) is 7.11 Å². The molecule has 1 aliphatic heterocycles. The standard InChI is InChI=1S/C12H16O4/c1-14-10-4-2-9(3-5-10)12-15-7-6-11(8-13)16-12/h2-5,11-13H,6-8H2,1H3/t11-,12-/m0/s1. The number of benzene rings is 1. The summed E-state index contributed by atoms with van der Waals surface area (Å²) in [5.41, 5.74) is 0.943. The van der Waals surface area contributed by atoms with Crippen molar-refractivity contribution in [3.05, 3.63) is 29.8 Å². The quantitative estimate of drug-likeness (QED) is 0.845. The highest BCUT2D eigenvalue weighted by atomic mass is 16.7. The van der Waals surface area contributed by atoms with E-state index in [2.05, 4.69) is 0 Å². The van der Waals surface area contributed by atoms with Gasteiger partial charge < -0.3 is 19.3 Å². The average Bonchev–Trinajstić information content (AvgIpc) is 2.39. The lowest BCUT2D eigenvalue weighted by Gasteiger charge is -2.29. The zero-order chi connectivity index (χ0) is 11.4. The third-order valence-electron chi connectivity index (χ3n) is 2.62. The molecule has 1 aliphatic rings. The maximum Gasteiger partial charge on any atom is 0.184 e. The van der Waals surface area contributed by atoms with Crippen molar-refractivity contribution in [3.8, 4) is 5.75 Å². The molecule has 1 fully saturated rings. The molecule has 0 radical (unpaired) electrons. The van der Waals surface area contributed by atoms with Gasteiger partial charge in [-0.3, -0.25) is 0 Å². The molecule has 1 N–H and O–H groups in total. The molecule has 0 bridgehead atoms. The van der Waals surface area contributed by atoms with Gasteiger partial charge in [-0.15, -0.1) is 0 Å². The highest BCUT2D eigenvalue weighted by Crippen LogP contribution is 2.27. The third-order valence-corrected chi connectivity index (χ3v) is 2.62. The molecule has 1 saturated heterocycles. The Morgan fingerprint density at radius 3 is 2.75 bits per heavy atom. The number of aliphatic hydroxyl groups excluding tert-OH is 1. The molecule has 16 heavy (non-hydrogen) atoms. The van der Waals surface area contributed by atoms with Crippen molar-refractivity contribution in [2.45, 2.75) is 18.8 Å². The van der Waals surface area contributed by atoms with Gasteiger partial charge in [0.2, 0.25) is 0 Å². The maximum absolute atomic E-state index is 9.04. The summed E-state index contributed by atoms with van der Waals surface area (Å²) in [7, 11) is 1.63. The van der Waals surface area contributed by atoms with Gasteiger partial charge in [0, 0.05) is 5.56 Å². The second-order valence-corrected chi connectivity index (χ2v) is 3.71. The smallest absolute Gasteiger partial charge is 0.184 e. The summed E-state index contributed by atoms with van der Waals surface area (Å²) in [6.07, 6.45) is 0.237. The Bertz CT molecular complexity index is 322. The lowest BCUT2D eigenvalue weighted by Crippen LogP contribution is -2.29. The fraction of sp³-hybridized carbons (Fsp3) is 0.500. The Morgan fingerprint density at radius 1 is 1.38 bits per heavy atom. The maximum atomic E-state index is 9.04. The van der Waals surface area contributed by atoms with Crippen molar-refractivity contribution in [1.29, 1.82) is 0 Å². The van der Waals surface area contributed by atoms with E-state index < -0.39 is 0 Å². The van der Waals surface area contributed by atoms with E-state index >= 15 is 0 Å². The van der Waals surface area contributed by atoms with Crippen LogP contribution in [0.2, 0.25) is 0 Å². The fourth-order valence-electron chi connectivity index (χ4n) is 1.66. The second kappa shape index (κ2) is 5.30. The highest BCUT2D eigenvalue weighted by molar-refractivity contribution is 5.27. The summed E-state index contributed by atoms with van der Waals surface area (Å²) in [6, 6.07) is 7.54. The molecule has 0 saturated carbocycles. The van der Waals surface area contributed by atoms with E-state index in [0.717, 1.165) is 17.7 Å². The van der Waals surface area contributed by atoms with Crippen LogP contribution in [0.3, 0.4) is 0 Å². The van der Waals surface area contributed by atoms with E-state index in [4.69, 9.17) is 19.3 Å². The molecule has 1 aromatic rings. The first kappa shape index (κ1) is 11.4. The van der Waals surface area contributed by atoms with E-state index in [0.29, 0.717) is 6.61 Å². The zero-order valence-electron chi connectivity index (χ0n) is 9.26. The van der Waals surface area contributed by atoms with Crippen LogP contribution in [0.25, 0.3) is 0 Å². The van der Waals surface area contributed by atoms with Gasteiger partial charge in [0.15, 0.2) is 6.29 Å². The van der Waals surface area contributed by atoms with Crippen LogP contribution in [0.4, 0.5) is 0 Å². The van der Waals surface area contributed by atoms with Crippen LogP contribution in [0.5, 0.6) is 5.75 Å². The minimum atomic E-state index is -0.378. The van der Waals surface area contributed by atoms with Crippen LogP contribution in [-0.4, -0.2) is 31.5 Å². The molecule has 88 valence electrons. The first-order chi connectivity index (χ1) is 7.83. The average molecular weight is 224 g/mol. The summed E-state index contributed by atoms with van der Waals surface area (Å²) in [4.78, 5) is 0. The summed E-state index contributed by atoms with van der Waals surface area (Å²) < 4.78 is 16.2. The largest absolute Gasteiger partial charge is 0.497 e. The topological polar surface area (TPSA) is 47.9 Å². The molecule has 0 unspecified atom stereocenters. The van der Waals surface area contributed by atoms with Crippen molar-refractivity contribution in [2.24, 2.45) is 0 Å². The molecule has 2 atom stereocenters. The van der Waals surface area contributed by atoms with Gasteiger partial charge in [0.25, 0.3) is 0 Å². The predicted octanol–water partition coefficient (Wildman–Crippen LogP) is 1.49. The van der Waals surface area contributed by atoms with Crippen molar-refractivity contribution < 1.29 is 19.3 Å². The van der Waals surface area contributed by atoms with Crippen molar-refractivity contribution in [1.82, 2.24) is 0 Å². The molecule has 1 aromatic carbocycles. The van der Waals surface area contributed by atoms with Crippen LogP contribution in [0.1, 0.15) is 18.3 Å². The first-order valence-electron chi connectivity index (χ1n) is 5.35. The van der Waals surface area contributed by atoms with Gasteiger partial charge >= 0.3 is 0 Å². The number of ether oxygens (including phenoxy) is 3. The van der Waals surface area contributed by atoms with Gasteiger partial charge in [0.1, 0.15) is 5.75 Å². The number of aliphatic hydroxyl groups is 1. The van der Waals surface area contributed by atoms with Crippen molar-refractivity contribution in [2.75, 3.05) is 20.3 Å². The first-order valence-corrected chi connectivity index (χ1v) is 5.35. The summed E-state index contributed by atoms with van der Waals surface area (Å²) in [5, 5.41) is 9.04. The summed E-state index contributed by atoms with van der Waals surface area (Å²) in [5.74, 6) is 0.804. The third kappa shape index (κ3) is 2.52. The molecule has 4 nitrogen and oxygen atoms in total. The lowest BCUT2D eigenvalue weighted by molar-refractivity contribution is -0.224. The van der Waals surface area contributed by atoms with E-state index in [1.165, 1.54) is 0 Å². The van der Waals surface area contributed by atoms with E-state index in [-0.39, 0.29) is 19.0 Å². The molecule has 0 amide bonds. The van der Waals surface area contributed by atoms with Crippen LogP contribution in [0, 0.1) is 0 Å². The molecule has 0 spiro atoms. The molecule has 1 heterocycles. The Labute approximate surface area is 94.8 Å². The Hall–Kier alpha value is -1.10. The lowest BCUT2D eigenvalue weighted by atomic mass is 10.2. The van der Waals surface area contributed by atoms with Gasteiger partial charge in [-0.2, -0.15) is 0 Å². The normalized spacial score (nSPS) is 25.4. The SMILES string of the molecule is COc1ccc([C@H]2OCC[C@@H](CO)O2)cc1. The van der Waals surface area contributed by atoms with Gasteiger partial charge in [0.05, 0.1) is 26.4 Å². The molecular formula is C12H16O4. The van der Waals surface area contributed by atoms with Gasteiger partial charge in [-0.05, 0) is 18.6 Å². The molecule has 0 aliphatic carbocycles. The Kier molecular flexibility index (Phi) is 3.77. The predicted molar refractivity (Wildman–Crippen MR) is 58.3 cm³/mol. The Morgan fingerprint density at radius 2 is 2.12 bits per heavy atom. The van der Waals surface area contributed by atoms with Crippen LogP contribution >= 0.6 is 0 Å². The van der Waals surface area contributed by atoms with Crippen LogP contribution in [-0.2, 0) is 9.47 Å². The molecule has 4 heteroatoms. The van der Waals surface area contributed by atoms with Crippen LogP contribution < -0.4 is 4.74 Å². The summed E-state index contributed by atoms with van der Waals surface area (Å²) in [6.45, 7) is 0.651. The number of hydrogen-bond acceptors (Lipinski definition) is 4. The number of methoxy groups -OCH3 is 1. The minimum absolute atomic E-state index is 0.0377. The van der Waals surface area contributed by atoms with Crippen LogP contribution in [0.15, 0.2) is 24.3 Å². The monoisotopic (exact) mass is 224 g/mol. The molecule has 2 rings (SSSR count). The number of rotatable bonds is 3. The summed E-state index contributed by atoms with van der Waals surface area (Å²) >= 11 is 0. The van der Waals surface area contributed by atoms with Crippen molar-refractivity contribution >= 4 is 0 Å². The number of hydrogen-bond donors (Lipinski definition) is 1. The Balaban J connectivity index is 2.05. The van der Waals surface area contributed by atoms with Gasteiger partial charge in [-0.1, -0.05) is 12.1 Å². The second-order valence-electron chi connectivity index (χ2n) is 3.71.